The van der Waals surface area contributed by atoms with E-state index in [4.69, 9.17) is 9.84 Å². The number of hydrogen-bond acceptors (Lipinski definition) is 6. The first-order valence-electron chi connectivity index (χ1n) is 7.61. The Bertz CT molecular complexity index is 524. The number of methoxy groups -OCH3 is 1. The molecule has 1 aromatic rings. The van der Waals surface area contributed by atoms with E-state index in [-0.39, 0.29) is 17.8 Å². The van der Waals surface area contributed by atoms with Crippen molar-refractivity contribution in [2.45, 2.75) is 13.1 Å². The third kappa shape index (κ3) is 4.54. The molecule has 0 spiro atoms. The number of aromatic nitrogens is 1. The van der Waals surface area contributed by atoms with Crippen LogP contribution in [0.25, 0.3) is 0 Å². The van der Waals surface area contributed by atoms with Crippen molar-refractivity contribution >= 4 is 0 Å². The van der Waals surface area contributed by atoms with Gasteiger partial charge in [0.1, 0.15) is 0 Å². The van der Waals surface area contributed by atoms with Gasteiger partial charge in [-0.3, -0.25) is 14.6 Å². The van der Waals surface area contributed by atoms with Crippen molar-refractivity contribution in [2.75, 3.05) is 53.0 Å². The summed E-state index contributed by atoms with van der Waals surface area (Å²) < 4.78 is 6.95. The second-order valence-electron chi connectivity index (χ2n) is 5.54. The van der Waals surface area contributed by atoms with Crippen LogP contribution in [0.15, 0.2) is 17.1 Å². The van der Waals surface area contributed by atoms with E-state index in [2.05, 4.69) is 9.80 Å². The minimum Gasteiger partial charge on any atom is -0.503 e. The Morgan fingerprint density at radius 1 is 1.18 bits per heavy atom. The smallest absolute Gasteiger partial charge is 0.223 e. The zero-order chi connectivity index (χ0) is 15.9. The highest BCUT2D eigenvalue weighted by atomic mass is 16.5. The maximum absolute atomic E-state index is 11.7. The molecule has 0 aromatic carbocycles. The second-order valence-corrected chi connectivity index (χ2v) is 5.54. The van der Waals surface area contributed by atoms with Crippen LogP contribution in [0.2, 0.25) is 0 Å². The number of pyridine rings is 1. The van der Waals surface area contributed by atoms with E-state index in [0.29, 0.717) is 26.2 Å². The van der Waals surface area contributed by atoms with E-state index in [1.165, 1.54) is 12.3 Å². The SMILES string of the molecule is COCCn1cc(O)c(=O)cc1CN1CCN(CCO)CC1. The predicted octanol–water partition coefficient (Wildman–Crippen LogP) is -0.690. The predicted molar refractivity (Wildman–Crippen MR) is 83.0 cm³/mol. The molecule has 1 aromatic heterocycles. The number of β-amino-alcohol motifs (C(OH)–C–C–N with tert-alkyl or cyclic N) is 1. The lowest BCUT2D eigenvalue weighted by Gasteiger charge is -2.34. The molecule has 1 fully saturated rings. The van der Waals surface area contributed by atoms with Gasteiger partial charge < -0.3 is 19.5 Å². The molecule has 124 valence electrons. The van der Waals surface area contributed by atoms with Gasteiger partial charge in [-0.1, -0.05) is 0 Å². The number of hydrogen-bond donors (Lipinski definition) is 2. The summed E-state index contributed by atoms with van der Waals surface area (Å²) in [5, 5.41) is 18.6. The Balaban J connectivity index is 2.02. The van der Waals surface area contributed by atoms with Crippen molar-refractivity contribution in [1.82, 2.24) is 14.4 Å². The van der Waals surface area contributed by atoms with Gasteiger partial charge in [-0.15, -0.1) is 0 Å². The van der Waals surface area contributed by atoms with Crippen molar-refractivity contribution < 1.29 is 14.9 Å². The van der Waals surface area contributed by atoms with Crippen LogP contribution in [0.3, 0.4) is 0 Å². The minimum atomic E-state index is -0.345. The monoisotopic (exact) mass is 311 g/mol. The maximum Gasteiger partial charge on any atom is 0.223 e. The molecule has 2 heterocycles. The minimum absolute atomic E-state index is 0.189. The van der Waals surface area contributed by atoms with Crippen LogP contribution in [0.5, 0.6) is 5.75 Å². The largest absolute Gasteiger partial charge is 0.503 e. The summed E-state index contributed by atoms with van der Waals surface area (Å²) in [5.41, 5.74) is 0.540. The lowest BCUT2D eigenvalue weighted by atomic mass is 10.2. The van der Waals surface area contributed by atoms with Gasteiger partial charge >= 0.3 is 0 Å². The summed E-state index contributed by atoms with van der Waals surface area (Å²) in [6.07, 6.45) is 1.48. The fourth-order valence-electron chi connectivity index (χ4n) is 2.68. The first kappa shape index (κ1) is 17.0. The summed E-state index contributed by atoms with van der Waals surface area (Å²) in [6.45, 7) is 6.34. The van der Waals surface area contributed by atoms with Crippen molar-refractivity contribution in [2.24, 2.45) is 0 Å². The molecule has 0 atom stereocenters. The van der Waals surface area contributed by atoms with Gasteiger partial charge in [0.2, 0.25) is 5.43 Å². The van der Waals surface area contributed by atoms with Gasteiger partial charge in [-0.05, 0) is 0 Å². The van der Waals surface area contributed by atoms with Crippen LogP contribution < -0.4 is 5.43 Å². The molecule has 1 aliphatic rings. The van der Waals surface area contributed by atoms with Crippen molar-refractivity contribution in [1.29, 1.82) is 0 Å². The van der Waals surface area contributed by atoms with Gasteiger partial charge in [0.25, 0.3) is 0 Å². The second kappa shape index (κ2) is 8.28. The van der Waals surface area contributed by atoms with Crippen LogP contribution >= 0.6 is 0 Å². The zero-order valence-corrected chi connectivity index (χ0v) is 13.1. The highest BCUT2D eigenvalue weighted by molar-refractivity contribution is 5.20. The molecular weight excluding hydrogens is 286 g/mol. The molecule has 0 radical (unpaired) electrons. The fourth-order valence-corrected chi connectivity index (χ4v) is 2.68. The average molecular weight is 311 g/mol. The van der Waals surface area contributed by atoms with Gasteiger partial charge in [0, 0.05) is 64.7 Å². The third-order valence-electron chi connectivity index (χ3n) is 4.00. The first-order chi connectivity index (χ1) is 10.6. The molecule has 2 rings (SSSR count). The topological polar surface area (TPSA) is 78.2 Å². The lowest BCUT2D eigenvalue weighted by molar-refractivity contribution is 0.106. The fraction of sp³-hybridized carbons (Fsp3) is 0.667. The van der Waals surface area contributed by atoms with Crippen LogP contribution in [0, 0.1) is 0 Å². The van der Waals surface area contributed by atoms with Crippen LogP contribution in [-0.2, 0) is 17.8 Å². The molecule has 0 unspecified atom stereocenters. The van der Waals surface area contributed by atoms with E-state index in [0.717, 1.165) is 31.9 Å². The van der Waals surface area contributed by atoms with E-state index in [1.54, 1.807) is 7.11 Å². The Morgan fingerprint density at radius 3 is 2.50 bits per heavy atom. The molecule has 0 aliphatic carbocycles. The van der Waals surface area contributed by atoms with E-state index >= 15 is 0 Å². The van der Waals surface area contributed by atoms with Crippen LogP contribution in [0.1, 0.15) is 5.69 Å². The molecule has 22 heavy (non-hydrogen) atoms. The Kier molecular flexibility index (Phi) is 6.38. The number of aliphatic hydroxyl groups excluding tert-OH is 1. The molecule has 0 bridgehead atoms. The number of nitrogens with zero attached hydrogens (tertiary/aromatic N) is 3. The number of rotatable bonds is 7. The van der Waals surface area contributed by atoms with Crippen LogP contribution in [-0.4, -0.2) is 77.6 Å². The quantitative estimate of drug-likeness (QED) is 0.694. The summed E-state index contributed by atoms with van der Waals surface area (Å²) in [7, 11) is 1.63. The van der Waals surface area contributed by atoms with Crippen LogP contribution in [0.4, 0.5) is 0 Å². The number of ether oxygens (including phenoxy) is 1. The summed E-state index contributed by atoms with van der Waals surface area (Å²) in [4.78, 5) is 16.2. The van der Waals surface area contributed by atoms with Gasteiger partial charge in [0.05, 0.1) is 19.4 Å². The third-order valence-corrected chi connectivity index (χ3v) is 4.00. The number of aromatic hydroxyl groups is 1. The zero-order valence-electron chi connectivity index (χ0n) is 13.1. The van der Waals surface area contributed by atoms with E-state index < -0.39 is 0 Å². The Hall–Kier alpha value is -1.41. The molecule has 1 aliphatic heterocycles. The highest BCUT2D eigenvalue weighted by Gasteiger charge is 2.18. The molecule has 7 nitrogen and oxygen atoms in total. The van der Waals surface area contributed by atoms with Gasteiger partial charge in [-0.2, -0.15) is 0 Å². The summed E-state index contributed by atoms with van der Waals surface area (Å²) in [5.74, 6) is -0.229. The van der Waals surface area contributed by atoms with Crippen molar-refractivity contribution in [3.8, 4) is 5.75 Å². The standard InChI is InChI=1S/C15H25N3O4/c1-22-9-7-18-12-15(21)14(20)10-13(18)11-17-4-2-16(3-5-17)6-8-19/h10,12,19,21H,2-9,11H2,1H3. The average Bonchev–Trinajstić information content (AvgIpc) is 2.51. The molecule has 7 heteroatoms. The van der Waals surface area contributed by atoms with Crippen molar-refractivity contribution in [3.63, 3.8) is 0 Å². The molecule has 1 saturated heterocycles. The first-order valence-corrected chi connectivity index (χ1v) is 7.61. The lowest BCUT2D eigenvalue weighted by Crippen LogP contribution is -2.47. The Labute approximate surface area is 130 Å². The van der Waals surface area contributed by atoms with Gasteiger partial charge in [-0.25, -0.2) is 0 Å². The normalized spacial score (nSPS) is 17.0. The summed E-state index contributed by atoms with van der Waals surface area (Å²) >= 11 is 0. The molecule has 0 saturated carbocycles. The van der Waals surface area contributed by atoms with E-state index in [9.17, 15) is 9.90 Å². The van der Waals surface area contributed by atoms with Gasteiger partial charge in [0.15, 0.2) is 5.75 Å². The summed E-state index contributed by atoms with van der Waals surface area (Å²) in [6, 6.07) is 1.51. The molecular formula is C15H25N3O4. The van der Waals surface area contributed by atoms with Crippen molar-refractivity contribution in [3.05, 3.63) is 28.2 Å². The van der Waals surface area contributed by atoms with E-state index in [1.807, 2.05) is 4.57 Å². The number of piperazine rings is 1. The maximum atomic E-state index is 11.7. The number of aliphatic hydroxyl groups is 1. The Morgan fingerprint density at radius 2 is 1.86 bits per heavy atom. The molecule has 2 N–H and O–H groups in total. The highest BCUT2D eigenvalue weighted by Crippen LogP contribution is 2.10. The molecule has 0 amide bonds.